The molecule has 1 saturated heterocycles. The predicted octanol–water partition coefficient (Wildman–Crippen LogP) is 1.29. The van der Waals surface area contributed by atoms with Gasteiger partial charge in [0.25, 0.3) is 0 Å². The van der Waals surface area contributed by atoms with Crippen LogP contribution in [0.15, 0.2) is 12.1 Å². The van der Waals surface area contributed by atoms with Crippen LogP contribution in [0.4, 0.5) is 13.2 Å². The van der Waals surface area contributed by atoms with Crippen molar-refractivity contribution in [1.82, 2.24) is 5.32 Å². The van der Waals surface area contributed by atoms with Crippen LogP contribution in [0.2, 0.25) is 0 Å². The summed E-state index contributed by atoms with van der Waals surface area (Å²) >= 11 is 0. The second-order valence-corrected chi connectivity index (χ2v) is 3.39. The van der Waals surface area contributed by atoms with Gasteiger partial charge >= 0.3 is 0 Å². The van der Waals surface area contributed by atoms with Gasteiger partial charge in [-0.25, -0.2) is 13.2 Å². The molecule has 0 saturated carbocycles. The molecule has 1 atom stereocenters. The highest BCUT2D eigenvalue weighted by molar-refractivity contribution is 5.77. The maximum absolute atomic E-state index is 13.3. The van der Waals surface area contributed by atoms with Crippen molar-refractivity contribution in [3.8, 4) is 0 Å². The van der Waals surface area contributed by atoms with Gasteiger partial charge in [0.1, 0.15) is 18.5 Å². The van der Waals surface area contributed by atoms with Gasteiger partial charge in [-0.15, -0.1) is 0 Å². The van der Waals surface area contributed by atoms with Gasteiger partial charge in [0.15, 0.2) is 11.6 Å². The first kappa shape index (κ1) is 10.9. The molecule has 0 spiro atoms. The first-order chi connectivity index (χ1) is 7.58. The van der Waals surface area contributed by atoms with Gasteiger partial charge in [-0.3, -0.25) is 4.79 Å². The SMILES string of the molecule is O=C1COC(c2cc(F)c(F)cc2F)CN1. The average Bonchev–Trinajstić information content (AvgIpc) is 2.25. The summed E-state index contributed by atoms with van der Waals surface area (Å²) in [6.07, 6.45) is -0.784. The first-order valence-electron chi connectivity index (χ1n) is 4.60. The zero-order chi connectivity index (χ0) is 11.7. The van der Waals surface area contributed by atoms with E-state index in [9.17, 15) is 18.0 Å². The van der Waals surface area contributed by atoms with E-state index in [0.717, 1.165) is 6.07 Å². The Kier molecular flexibility index (Phi) is 2.82. The normalized spacial score (nSPS) is 20.7. The maximum atomic E-state index is 13.3. The molecule has 6 heteroatoms. The third-order valence-electron chi connectivity index (χ3n) is 2.29. The lowest BCUT2D eigenvalue weighted by atomic mass is 10.1. The van der Waals surface area contributed by atoms with Crippen molar-refractivity contribution < 1.29 is 22.7 Å². The highest BCUT2D eigenvalue weighted by Gasteiger charge is 2.24. The van der Waals surface area contributed by atoms with Crippen LogP contribution < -0.4 is 5.32 Å². The zero-order valence-corrected chi connectivity index (χ0v) is 8.10. The predicted molar refractivity (Wildman–Crippen MR) is 48.0 cm³/mol. The topological polar surface area (TPSA) is 38.3 Å². The molecule has 1 amide bonds. The van der Waals surface area contributed by atoms with Gasteiger partial charge in [-0.05, 0) is 6.07 Å². The number of ether oxygens (including phenoxy) is 1. The Labute approximate surface area is 89.2 Å². The molecule has 1 unspecified atom stereocenters. The van der Waals surface area contributed by atoms with Crippen LogP contribution in [-0.2, 0) is 9.53 Å². The Balaban J connectivity index is 2.26. The summed E-state index contributed by atoms with van der Waals surface area (Å²) in [4.78, 5) is 10.8. The highest BCUT2D eigenvalue weighted by atomic mass is 19.2. The summed E-state index contributed by atoms with van der Waals surface area (Å²) in [5.41, 5.74) is -0.0982. The number of amides is 1. The van der Waals surface area contributed by atoms with Crippen molar-refractivity contribution in [2.45, 2.75) is 6.10 Å². The number of rotatable bonds is 1. The van der Waals surface area contributed by atoms with Crippen LogP contribution in [0.25, 0.3) is 0 Å². The molecule has 1 aromatic rings. The molecule has 1 aliphatic heterocycles. The van der Waals surface area contributed by atoms with Gasteiger partial charge in [0, 0.05) is 18.2 Å². The fraction of sp³-hybridized carbons (Fsp3) is 0.300. The fourth-order valence-corrected chi connectivity index (χ4v) is 1.48. The van der Waals surface area contributed by atoms with E-state index >= 15 is 0 Å². The fourth-order valence-electron chi connectivity index (χ4n) is 1.48. The summed E-state index contributed by atoms with van der Waals surface area (Å²) in [6.45, 7) is -0.177. The summed E-state index contributed by atoms with van der Waals surface area (Å²) in [5, 5.41) is 2.45. The second kappa shape index (κ2) is 4.13. The van der Waals surface area contributed by atoms with E-state index in [4.69, 9.17) is 4.74 Å². The molecule has 0 radical (unpaired) electrons. The van der Waals surface area contributed by atoms with Gasteiger partial charge in [-0.1, -0.05) is 0 Å². The maximum Gasteiger partial charge on any atom is 0.246 e. The van der Waals surface area contributed by atoms with E-state index in [2.05, 4.69) is 5.32 Å². The standard InChI is InChI=1S/C10H8F3NO2/c11-6-2-8(13)7(12)1-5(6)9-3-14-10(15)4-16-9/h1-2,9H,3-4H2,(H,14,15). The first-order valence-corrected chi connectivity index (χ1v) is 4.60. The van der Waals surface area contributed by atoms with E-state index in [1.165, 1.54) is 0 Å². The molecule has 1 heterocycles. The lowest BCUT2D eigenvalue weighted by molar-refractivity contribution is -0.133. The number of carbonyl (C=O) groups is 1. The Morgan fingerprint density at radius 2 is 1.88 bits per heavy atom. The summed E-state index contributed by atoms with van der Waals surface area (Å²) in [7, 11) is 0. The van der Waals surface area contributed by atoms with Gasteiger partial charge in [0.2, 0.25) is 5.91 Å². The number of hydrogen-bond acceptors (Lipinski definition) is 2. The smallest absolute Gasteiger partial charge is 0.246 e. The number of halogens is 3. The Morgan fingerprint density at radius 3 is 2.50 bits per heavy atom. The summed E-state index contributed by atoms with van der Waals surface area (Å²) < 4.78 is 43.9. The van der Waals surface area contributed by atoms with Crippen molar-refractivity contribution in [2.24, 2.45) is 0 Å². The lowest BCUT2D eigenvalue weighted by Crippen LogP contribution is -2.39. The van der Waals surface area contributed by atoms with Crippen LogP contribution in [0.1, 0.15) is 11.7 Å². The molecule has 1 aliphatic rings. The minimum absolute atomic E-state index is 0.0425. The van der Waals surface area contributed by atoms with Crippen molar-refractivity contribution in [2.75, 3.05) is 13.2 Å². The molecule has 86 valence electrons. The molecule has 2 rings (SSSR count). The number of benzene rings is 1. The Hall–Kier alpha value is -1.56. The second-order valence-electron chi connectivity index (χ2n) is 3.39. The third kappa shape index (κ3) is 2.01. The molecular formula is C10H8F3NO2. The van der Waals surface area contributed by atoms with E-state index in [0.29, 0.717) is 6.07 Å². The molecular weight excluding hydrogens is 223 g/mol. The molecule has 1 aromatic carbocycles. The molecule has 0 bridgehead atoms. The number of morpholine rings is 1. The largest absolute Gasteiger partial charge is 0.362 e. The van der Waals surface area contributed by atoms with Crippen LogP contribution in [0, 0.1) is 17.5 Å². The summed E-state index contributed by atoms with van der Waals surface area (Å²) in [5.74, 6) is -3.60. The van der Waals surface area contributed by atoms with Gasteiger partial charge in [-0.2, -0.15) is 0 Å². The molecule has 1 fully saturated rings. The van der Waals surface area contributed by atoms with Crippen LogP contribution in [0.3, 0.4) is 0 Å². The Bertz CT molecular complexity index is 426. The van der Waals surface area contributed by atoms with Crippen molar-refractivity contribution in [3.05, 3.63) is 35.1 Å². The minimum Gasteiger partial charge on any atom is -0.362 e. The zero-order valence-electron chi connectivity index (χ0n) is 8.10. The highest BCUT2D eigenvalue weighted by Crippen LogP contribution is 2.24. The minimum atomic E-state index is -1.25. The number of carbonyl (C=O) groups excluding carboxylic acids is 1. The van der Waals surface area contributed by atoms with E-state index in [-0.39, 0.29) is 24.6 Å². The molecule has 16 heavy (non-hydrogen) atoms. The third-order valence-corrected chi connectivity index (χ3v) is 2.29. The Morgan fingerprint density at radius 1 is 1.19 bits per heavy atom. The van der Waals surface area contributed by atoms with Gasteiger partial charge < -0.3 is 10.1 Å². The number of hydrogen-bond donors (Lipinski definition) is 1. The molecule has 0 aromatic heterocycles. The monoisotopic (exact) mass is 231 g/mol. The quantitative estimate of drug-likeness (QED) is 0.739. The summed E-state index contributed by atoms with van der Waals surface area (Å²) in [6, 6.07) is 1.21. The lowest BCUT2D eigenvalue weighted by Gasteiger charge is -2.23. The van der Waals surface area contributed by atoms with Crippen molar-refractivity contribution in [3.63, 3.8) is 0 Å². The molecule has 0 aliphatic carbocycles. The van der Waals surface area contributed by atoms with Gasteiger partial charge in [0.05, 0.1) is 0 Å². The number of nitrogens with one attached hydrogen (secondary N) is 1. The molecule has 3 nitrogen and oxygen atoms in total. The average molecular weight is 231 g/mol. The van der Waals surface area contributed by atoms with Crippen molar-refractivity contribution >= 4 is 5.91 Å². The van der Waals surface area contributed by atoms with Crippen molar-refractivity contribution in [1.29, 1.82) is 0 Å². The van der Waals surface area contributed by atoms with E-state index in [1.54, 1.807) is 0 Å². The van der Waals surface area contributed by atoms with Crippen LogP contribution in [0.5, 0.6) is 0 Å². The van der Waals surface area contributed by atoms with Crippen LogP contribution in [-0.4, -0.2) is 19.1 Å². The van der Waals surface area contributed by atoms with E-state index < -0.39 is 23.6 Å². The van der Waals surface area contributed by atoms with E-state index in [1.807, 2.05) is 0 Å². The molecule has 1 N–H and O–H groups in total. The van der Waals surface area contributed by atoms with Crippen LogP contribution >= 0.6 is 0 Å².